The lowest BCUT2D eigenvalue weighted by atomic mass is 10.0. The van der Waals surface area contributed by atoms with E-state index < -0.39 is 0 Å². The summed E-state index contributed by atoms with van der Waals surface area (Å²) in [4.78, 5) is 14.6. The summed E-state index contributed by atoms with van der Waals surface area (Å²) in [7, 11) is 1.66. The molecule has 0 spiro atoms. The first-order valence-corrected chi connectivity index (χ1v) is 8.36. The van der Waals surface area contributed by atoms with Crippen LogP contribution in [0.15, 0.2) is 42.7 Å². The average Bonchev–Trinajstić information content (AvgIpc) is 3.26. The Balaban J connectivity index is 1.62. The van der Waals surface area contributed by atoms with Crippen molar-refractivity contribution in [3.63, 3.8) is 0 Å². The number of amides is 2. The van der Waals surface area contributed by atoms with E-state index in [2.05, 4.69) is 10.4 Å². The Morgan fingerprint density at radius 3 is 2.88 bits per heavy atom. The highest BCUT2D eigenvalue weighted by Crippen LogP contribution is 2.32. The van der Waals surface area contributed by atoms with Gasteiger partial charge < -0.3 is 15.0 Å². The van der Waals surface area contributed by atoms with E-state index in [1.54, 1.807) is 13.3 Å². The van der Waals surface area contributed by atoms with Crippen LogP contribution < -0.4 is 10.1 Å². The number of nitrogens with zero attached hydrogens (tertiary/aromatic N) is 3. The van der Waals surface area contributed by atoms with Gasteiger partial charge in [-0.25, -0.2) is 4.79 Å². The van der Waals surface area contributed by atoms with E-state index in [1.807, 2.05) is 53.0 Å². The maximum atomic E-state index is 12.7. The van der Waals surface area contributed by atoms with Gasteiger partial charge >= 0.3 is 6.03 Å². The molecule has 1 aromatic heterocycles. The molecule has 3 rings (SSSR count). The Kier molecular flexibility index (Phi) is 5.03. The molecular weight excluding hydrogens is 304 g/mol. The Morgan fingerprint density at radius 1 is 1.42 bits per heavy atom. The minimum atomic E-state index is -0.00651. The molecule has 0 bridgehead atoms. The first kappa shape index (κ1) is 16.4. The minimum absolute atomic E-state index is 0.00651. The molecule has 1 aliphatic heterocycles. The van der Waals surface area contributed by atoms with Crippen molar-refractivity contribution in [1.29, 1.82) is 0 Å². The van der Waals surface area contributed by atoms with Crippen LogP contribution in [0.25, 0.3) is 0 Å². The Labute approximate surface area is 142 Å². The van der Waals surface area contributed by atoms with Gasteiger partial charge in [0.1, 0.15) is 5.75 Å². The molecule has 0 saturated carbocycles. The SMILES string of the molecule is COc1ccc([C@H]2CCCN2C(=O)N[C@H](C)Cn2cccn2)cc1. The summed E-state index contributed by atoms with van der Waals surface area (Å²) in [5.74, 6) is 0.834. The van der Waals surface area contributed by atoms with Crippen molar-refractivity contribution in [2.24, 2.45) is 0 Å². The summed E-state index contributed by atoms with van der Waals surface area (Å²) in [6.45, 7) is 3.45. The molecule has 6 nitrogen and oxygen atoms in total. The second-order valence-corrected chi connectivity index (χ2v) is 6.20. The number of ether oxygens (including phenoxy) is 1. The number of methoxy groups -OCH3 is 1. The Morgan fingerprint density at radius 2 is 2.21 bits per heavy atom. The number of aromatic nitrogens is 2. The third-order valence-corrected chi connectivity index (χ3v) is 4.40. The molecule has 0 unspecified atom stereocenters. The third-order valence-electron chi connectivity index (χ3n) is 4.40. The molecule has 0 radical (unpaired) electrons. The Hall–Kier alpha value is -2.50. The number of likely N-dealkylation sites (tertiary alicyclic amines) is 1. The highest BCUT2D eigenvalue weighted by atomic mass is 16.5. The lowest BCUT2D eigenvalue weighted by molar-refractivity contribution is 0.188. The summed E-state index contributed by atoms with van der Waals surface area (Å²) in [6, 6.07) is 10.0. The summed E-state index contributed by atoms with van der Waals surface area (Å²) < 4.78 is 7.04. The van der Waals surface area contributed by atoms with Crippen molar-refractivity contribution in [3.8, 4) is 5.75 Å². The number of urea groups is 1. The quantitative estimate of drug-likeness (QED) is 0.918. The van der Waals surface area contributed by atoms with Gasteiger partial charge in [0, 0.05) is 25.0 Å². The zero-order valence-electron chi connectivity index (χ0n) is 14.2. The molecule has 1 saturated heterocycles. The molecule has 128 valence electrons. The number of rotatable bonds is 5. The van der Waals surface area contributed by atoms with Crippen LogP contribution in [0.1, 0.15) is 31.4 Å². The van der Waals surface area contributed by atoms with Crippen molar-refractivity contribution in [2.75, 3.05) is 13.7 Å². The molecule has 2 amide bonds. The highest BCUT2D eigenvalue weighted by Gasteiger charge is 2.30. The van der Waals surface area contributed by atoms with E-state index in [0.717, 1.165) is 30.7 Å². The highest BCUT2D eigenvalue weighted by molar-refractivity contribution is 5.75. The molecule has 24 heavy (non-hydrogen) atoms. The molecule has 6 heteroatoms. The normalized spacial score (nSPS) is 18.4. The number of hydrogen-bond donors (Lipinski definition) is 1. The van der Waals surface area contributed by atoms with E-state index in [4.69, 9.17) is 4.74 Å². The van der Waals surface area contributed by atoms with Gasteiger partial charge in [-0.1, -0.05) is 12.1 Å². The smallest absolute Gasteiger partial charge is 0.318 e. The molecule has 1 N–H and O–H groups in total. The standard InChI is InChI=1S/C18H24N4O2/c1-14(13-21-11-4-10-19-21)20-18(23)22-12-3-5-17(22)15-6-8-16(24-2)9-7-15/h4,6-11,14,17H,3,5,12-13H2,1-2H3,(H,20,23)/t14-,17-/m1/s1. The van der Waals surface area contributed by atoms with Crippen LogP contribution in [0.3, 0.4) is 0 Å². The first-order valence-electron chi connectivity index (χ1n) is 8.36. The summed E-state index contributed by atoms with van der Waals surface area (Å²) >= 11 is 0. The fourth-order valence-corrected chi connectivity index (χ4v) is 3.21. The molecule has 1 aliphatic rings. The van der Waals surface area contributed by atoms with Gasteiger partial charge in [-0.05, 0) is 43.5 Å². The fraction of sp³-hybridized carbons (Fsp3) is 0.444. The van der Waals surface area contributed by atoms with Crippen LogP contribution in [-0.4, -0.2) is 40.4 Å². The molecular formula is C18H24N4O2. The van der Waals surface area contributed by atoms with Crippen molar-refractivity contribution >= 4 is 6.03 Å². The first-order chi connectivity index (χ1) is 11.7. The van der Waals surface area contributed by atoms with Crippen LogP contribution in [0.4, 0.5) is 4.79 Å². The van der Waals surface area contributed by atoms with Crippen LogP contribution in [0, 0.1) is 0 Å². The van der Waals surface area contributed by atoms with Crippen molar-refractivity contribution in [2.45, 2.75) is 38.4 Å². The lowest BCUT2D eigenvalue weighted by Crippen LogP contribution is -2.44. The van der Waals surface area contributed by atoms with Crippen molar-refractivity contribution < 1.29 is 9.53 Å². The van der Waals surface area contributed by atoms with Crippen LogP contribution in [-0.2, 0) is 6.54 Å². The second kappa shape index (κ2) is 7.38. The van der Waals surface area contributed by atoms with Crippen LogP contribution >= 0.6 is 0 Å². The monoisotopic (exact) mass is 328 g/mol. The minimum Gasteiger partial charge on any atom is -0.497 e. The summed E-state index contributed by atoms with van der Waals surface area (Å²) in [5.41, 5.74) is 1.16. The van der Waals surface area contributed by atoms with Gasteiger partial charge in [0.15, 0.2) is 0 Å². The third kappa shape index (κ3) is 3.69. The number of carbonyl (C=O) groups excluding carboxylic acids is 1. The predicted molar refractivity (Wildman–Crippen MR) is 91.9 cm³/mol. The topological polar surface area (TPSA) is 59.4 Å². The molecule has 2 atom stereocenters. The van der Waals surface area contributed by atoms with Crippen LogP contribution in [0.5, 0.6) is 5.75 Å². The number of hydrogen-bond acceptors (Lipinski definition) is 3. The predicted octanol–water partition coefficient (Wildman–Crippen LogP) is 2.83. The van der Waals surface area contributed by atoms with Crippen molar-refractivity contribution in [3.05, 3.63) is 48.3 Å². The van der Waals surface area contributed by atoms with Gasteiger partial charge in [-0.15, -0.1) is 0 Å². The molecule has 2 heterocycles. The lowest BCUT2D eigenvalue weighted by Gasteiger charge is -2.27. The van der Waals surface area contributed by atoms with Gasteiger partial charge in [-0.2, -0.15) is 5.10 Å². The van der Waals surface area contributed by atoms with E-state index in [-0.39, 0.29) is 18.1 Å². The van der Waals surface area contributed by atoms with E-state index >= 15 is 0 Å². The van der Waals surface area contributed by atoms with Gasteiger partial charge in [-0.3, -0.25) is 4.68 Å². The molecule has 2 aromatic rings. The molecule has 1 fully saturated rings. The molecule has 1 aromatic carbocycles. The fourth-order valence-electron chi connectivity index (χ4n) is 3.21. The number of carbonyl (C=O) groups is 1. The Bertz CT molecular complexity index is 654. The summed E-state index contributed by atoms with van der Waals surface area (Å²) in [5, 5.41) is 7.26. The largest absolute Gasteiger partial charge is 0.497 e. The maximum absolute atomic E-state index is 12.7. The van der Waals surface area contributed by atoms with Gasteiger partial charge in [0.05, 0.1) is 19.7 Å². The zero-order chi connectivity index (χ0) is 16.9. The number of nitrogens with one attached hydrogen (secondary N) is 1. The van der Waals surface area contributed by atoms with Crippen LogP contribution in [0.2, 0.25) is 0 Å². The van der Waals surface area contributed by atoms with Gasteiger partial charge in [0.25, 0.3) is 0 Å². The molecule has 0 aliphatic carbocycles. The second-order valence-electron chi connectivity index (χ2n) is 6.20. The van der Waals surface area contributed by atoms with Gasteiger partial charge in [0.2, 0.25) is 0 Å². The van der Waals surface area contributed by atoms with Crippen molar-refractivity contribution in [1.82, 2.24) is 20.0 Å². The zero-order valence-corrected chi connectivity index (χ0v) is 14.2. The van der Waals surface area contributed by atoms with E-state index in [9.17, 15) is 4.79 Å². The summed E-state index contributed by atoms with van der Waals surface area (Å²) in [6.07, 6.45) is 5.67. The van der Waals surface area contributed by atoms with E-state index in [0.29, 0.717) is 6.54 Å². The average molecular weight is 328 g/mol. The van der Waals surface area contributed by atoms with E-state index in [1.165, 1.54) is 0 Å². The number of benzene rings is 1. The maximum Gasteiger partial charge on any atom is 0.318 e.